The summed E-state index contributed by atoms with van der Waals surface area (Å²) in [4.78, 5) is 18.1. The Bertz CT molecular complexity index is 363. The van der Waals surface area contributed by atoms with Crippen molar-refractivity contribution in [2.45, 2.75) is 26.8 Å². The highest BCUT2D eigenvalue weighted by Crippen LogP contribution is 2.16. The first-order chi connectivity index (χ1) is 7.61. The van der Waals surface area contributed by atoms with E-state index in [0.717, 1.165) is 5.69 Å². The van der Waals surface area contributed by atoms with Crippen molar-refractivity contribution in [1.29, 1.82) is 0 Å². The van der Waals surface area contributed by atoms with E-state index in [1.807, 2.05) is 25.7 Å². The van der Waals surface area contributed by atoms with Crippen LogP contribution in [0.5, 0.6) is 0 Å². The van der Waals surface area contributed by atoms with E-state index in [9.17, 15) is 4.79 Å². The van der Waals surface area contributed by atoms with Crippen molar-refractivity contribution in [2.75, 3.05) is 18.9 Å². The number of carbonyl (C=O) groups is 1. The normalized spacial score (nSPS) is 10.3. The second kappa shape index (κ2) is 5.49. The van der Waals surface area contributed by atoms with E-state index >= 15 is 0 Å². The van der Waals surface area contributed by atoms with Gasteiger partial charge in [0.1, 0.15) is 0 Å². The quantitative estimate of drug-likeness (QED) is 0.845. The van der Waals surface area contributed by atoms with Gasteiger partial charge in [-0.05, 0) is 26.8 Å². The van der Waals surface area contributed by atoms with Crippen molar-refractivity contribution >= 4 is 11.6 Å². The van der Waals surface area contributed by atoms with E-state index in [0.29, 0.717) is 12.1 Å². The fourth-order valence-corrected chi connectivity index (χ4v) is 1.68. The Labute approximate surface area is 96.7 Å². The molecule has 1 aromatic rings. The van der Waals surface area contributed by atoms with Gasteiger partial charge in [-0.1, -0.05) is 0 Å². The van der Waals surface area contributed by atoms with Gasteiger partial charge in [0.25, 0.3) is 5.91 Å². The Hall–Kier alpha value is -1.58. The zero-order valence-electron chi connectivity index (χ0n) is 10.3. The van der Waals surface area contributed by atoms with E-state index in [1.54, 1.807) is 25.5 Å². The molecule has 0 aliphatic carbocycles. The topological polar surface area (TPSA) is 45.2 Å². The van der Waals surface area contributed by atoms with Crippen LogP contribution in [0.4, 0.5) is 5.69 Å². The second-order valence-electron chi connectivity index (χ2n) is 3.86. The van der Waals surface area contributed by atoms with Gasteiger partial charge >= 0.3 is 0 Å². The summed E-state index contributed by atoms with van der Waals surface area (Å²) in [7, 11) is 1.80. The molecule has 16 heavy (non-hydrogen) atoms. The zero-order chi connectivity index (χ0) is 12.1. The standard InChI is InChI=1S/C12H19N3O/c1-5-15(9(2)3)12(16)10-8-14-7-6-11(10)13-4/h6-9H,5H2,1-4H3,(H,13,14). The van der Waals surface area contributed by atoms with Gasteiger partial charge in [0.05, 0.1) is 5.56 Å². The van der Waals surface area contributed by atoms with Crippen LogP contribution >= 0.6 is 0 Å². The molecule has 0 bridgehead atoms. The molecule has 0 saturated heterocycles. The van der Waals surface area contributed by atoms with Crippen LogP contribution in [0.1, 0.15) is 31.1 Å². The predicted molar refractivity (Wildman–Crippen MR) is 65.6 cm³/mol. The molecule has 1 amide bonds. The van der Waals surface area contributed by atoms with E-state index < -0.39 is 0 Å². The number of amides is 1. The average molecular weight is 221 g/mol. The number of rotatable bonds is 4. The number of hydrogen-bond acceptors (Lipinski definition) is 3. The van der Waals surface area contributed by atoms with Crippen molar-refractivity contribution in [3.8, 4) is 0 Å². The number of nitrogens with zero attached hydrogens (tertiary/aromatic N) is 2. The molecule has 4 nitrogen and oxygen atoms in total. The number of anilines is 1. The molecule has 0 saturated carbocycles. The van der Waals surface area contributed by atoms with Crippen molar-refractivity contribution < 1.29 is 4.79 Å². The number of pyridine rings is 1. The van der Waals surface area contributed by atoms with Gasteiger partial charge in [-0.2, -0.15) is 0 Å². The van der Waals surface area contributed by atoms with Crippen LogP contribution in [-0.4, -0.2) is 35.4 Å². The van der Waals surface area contributed by atoms with Crippen molar-refractivity contribution in [3.05, 3.63) is 24.0 Å². The molecule has 1 heterocycles. The first-order valence-corrected chi connectivity index (χ1v) is 5.54. The van der Waals surface area contributed by atoms with Gasteiger partial charge in [-0.3, -0.25) is 9.78 Å². The monoisotopic (exact) mass is 221 g/mol. The third kappa shape index (κ3) is 2.51. The van der Waals surface area contributed by atoms with E-state index in [1.165, 1.54) is 0 Å². The predicted octanol–water partition coefficient (Wildman–Crippen LogP) is 1.99. The molecular weight excluding hydrogens is 202 g/mol. The molecular formula is C12H19N3O. The highest BCUT2D eigenvalue weighted by atomic mass is 16.2. The van der Waals surface area contributed by atoms with Gasteiger partial charge in [0.2, 0.25) is 0 Å². The lowest BCUT2D eigenvalue weighted by Crippen LogP contribution is -2.37. The first kappa shape index (κ1) is 12.5. The fraction of sp³-hybridized carbons (Fsp3) is 0.500. The molecule has 1 N–H and O–H groups in total. The Morgan fingerprint density at radius 1 is 1.56 bits per heavy atom. The SMILES string of the molecule is CCN(C(=O)c1cnccc1NC)C(C)C. The molecule has 0 aliphatic heterocycles. The molecule has 0 radical (unpaired) electrons. The maximum atomic E-state index is 12.2. The van der Waals surface area contributed by atoms with Gasteiger partial charge in [0, 0.05) is 37.7 Å². The summed E-state index contributed by atoms with van der Waals surface area (Å²) in [6, 6.07) is 2.00. The molecule has 0 aliphatic rings. The summed E-state index contributed by atoms with van der Waals surface area (Å²) in [5, 5.41) is 3.01. The van der Waals surface area contributed by atoms with Crippen LogP contribution in [0, 0.1) is 0 Å². The highest BCUT2D eigenvalue weighted by molar-refractivity contribution is 5.99. The third-order valence-electron chi connectivity index (χ3n) is 2.55. The molecule has 0 fully saturated rings. The lowest BCUT2D eigenvalue weighted by Gasteiger charge is -2.25. The van der Waals surface area contributed by atoms with Crippen LogP contribution in [0.2, 0.25) is 0 Å². The molecule has 0 unspecified atom stereocenters. The minimum absolute atomic E-state index is 0.0231. The minimum atomic E-state index is 0.0231. The lowest BCUT2D eigenvalue weighted by molar-refractivity contribution is 0.0717. The number of nitrogens with one attached hydrogen (secondary N) is 1. The van der Waals surface area contributed by atoms with E-state index in [4.69, 9.17) is 0 Å². The molecule has 4 heteroatoms. The molecule has 88 valence electrons. The molecule has 0 atom stereocenters. The summed E-state index contributed by atoms with van der Waals surface area (Å²) < 4.78 is 0. The highest BCUT2D eigenvalue weighted by Gasteiger charge is 2.19. The van der Waals surface area contributed by atoms with Crippen LogP contribution in [-0.2, 0) is 0 Å². The van der Waals surface area contributed by atoms with Crippen molar-refractivity contribution in [3.63, 3.8) is 0 Å². The van der Waals surface area contributed by atoms with E-state index in [-0.39, 0.29) is 11.9 Å². The lowest BCUT2D eigenvalue weighted by atomic mass is 10.2. The van der Waals surface area contributed by atoms with Crippen LogP contribution in [0.25, 0.3) is 0 Å². The number of aromatic nitrogens is 1. The summed E-state index contributed by atoms with van der Waals surface area (Å²) in [5.41, 5.74) is 1.44. The van der Waals surface area contributed by atoms with Crippen LogP contribution in [0.3, 0.4) is 0 Å². The molecule has 0 spiro atoms. The Morgan fingerprint density at radius 3 is 2.75 bits per heavy atom. The summed E-state index contributed by atoms with van der Waals surface area (Å²) in [5.74, 6) is 0.0231. The zero-order valence-corrected chi connectivity index (χ0v) is 10.3. The van der Waals surface area contributed by atoms with Gasteiger partial charge in [-0.15, -0.1) is 0 Å². The van der Waals surface area contributed by atoms with Crippen molar-refractivity contribution in [1.82, 2.24) is 9.88 Å². The Morgan fingerprint density at radius 2 is 2.25 bits per heavy atom. The third-order valence-corrected chi connectivity index (χ3v) is 2.55. The minimum Gasteiger partial charge on any atom is -0.387 e. The number of carbonyl (C=O) groups excluding carboxylic acids is 1. The van der Waals surface area contributed by atoms with Crippen LogP contribution < -0.4 is 5.32 Å². The average Bonchev–Trinajstić information content (AvgIpc) is 2.29. The molecule has 1 rings (SSSR count). The fourth-order valence-electron chi connectivity index (χ4n) is 1.68. The smallest absolute Gasteiger partial charge is 0.257 e. The summed E-state index contributed by atoms with van der Waals surface area (Å²) >= 11 is 0. The second-order valence-corrected chi connectivity index (χ2v) is 3.86. The van der Waals surface area contributed by atoms with Crippen molar-refractivity contribution in [2.24, 2.45) is 0 Å². The molecule has 1 aromatic heterocycles. The summed E-state index contributed by atoms with van der Waals surface area (Å²) in [6.07, 6.45) is 3.29. The van der Waals surface area contributed by atoms with Crippen LogP contribution in [0.15, 0.2) is 18.5 Å². The largest absolute Gasteiger partial charge is 0.387 e. The summed E-state index contributed by atoms with van der Waals surface area (Å²) in [6.45, 7) is 6.70. The first-order valence-electron chi connectivity index (χ1n) is 5.54. The number of hydrogen-bond donors (Lipinski definition) is 1. The van der Waals surface area contributed by atoms with Gasteiger partial charge in [-0.25, -0.2) is 0 Å². The maximum Gasteiger partial charge on any atom is 0.257 e. The Kier molecular flexibility index (Phi) is 4.28. The van der Waals surface area contributed by atoms with Gasteiger partial charge in [0.15, 0.2) is 0 Å². The Balaban J connectivity index is 3.03. The molecule has 0 aromatic carbocycles. The van der Waals surface area contributed by atoms with E-state index in [2.05, 4.69) is 10.3 Å². The van der Waals surface area contributed by atoms with Gasteiger partial charge < -0.3 is 10.2 Å². The maximum absolute atomic E-state index is 12.2.